The molecule has 20 heavy (non-hydrogen) atoms. The van der Waals surface area contributed by atoms with Crippen LogP contribution in [0, 0.1) is 0 Å². The van der Waals surface area contributed by atoms with Crippen LogP contribution < -0.4 is 5.32 Å². The summed E-state index contributed by atoms with van der Waals surface area (Å²) in [6.07, 6.45) is 5.31. The molecule has 2 aromatic carbocycles. The predicted molar refractivity (Wildman–Crippen MR) is 85.6 cm³/mol. The van der Waals surface area contributed by atoms with Crippen LogP contribution in [-0.4, -0.2) is 5.54 Å². The van der Waals surface area contributed by atoms with E-state index in [-0.39, 0.29) is 0 Å². The monoisotopic (exact) mass is 265 g/mol. The van der Waals surface area contributed by atoms with Gasteiger partial charge in [-0.1, -0.05) is 61.5 Å². The lowest BCUT2D eigenvalue weighted by Gasteiger charge is -2.42. The number of hydrogen-bond donors (Lipinski definition) is 1. The molecule has 1 heteroatoms. The predicted octanol–water partition coefficient (Wildman–Crippen LogP) is 4.78. The van der Waals surface area contributed by atoms with Gasteiger partial charge in [0.1, 0.15) is 0 Å². The minimum Gasteiger partial charge on any atom is -0.307 e. The van der Waals surface area contributed by atoms with Crippen LogP contribution in [0.15, 0.2) is 54.6 Å². The van der Waals surface area contributed by atoms with E-state index in [1.54, 1.807) is 0 Å². The second-order valence-corrected chi connectivity index (χ2v) is 5.90. The highest BCUT2D eigenvalue weighted by molar-refractivity contribution is 5.63. The lowest BCUT2D eigenvalue weighted by atomic mass is 9.75. The molecule has 2 aromatic rings. The Kier molecular flexibility index (Phi) is 3.88. The minimum absolute atomic E-state index is 0.429. The Hall–Kier alpha value is -1.60. The van der Waals surface area contributed by atoms with Gasteiger partial charge in [-0.15, -0.1) is 0 Å². The molecular weight excluding hydrogens is 242 g/mol. The Balaban J connectivity index is 1.65. The summed E-state index contributed by atoms with van der Waals surface area (Å²) in [4.78, 5) is 0. The van der Waals surface area contributed by atoms with Gasteiger partial charge >= 0.3 is 0 Å². The molecule has 1 fully saturated rings. The van der Waals surface area contributed by atoms with Crippen molar-refractivity contribution < 1.29 is 0 Å². The first-order valence-corrected chi connectivity index (χ1v) is 7.71. The smallest absolute Gasteiger partial charge is 0.0210 e. The number of hydrogen-bond acceptors (Lipinski definition) is 1. The van der Waals surface area contributed by atoms with Crippen molar-refractivity contribution >= 4 is 0 Å². The van der Waals surface area contributed by atoms with E-state index in [4.69, 9.17) is 0 Å². The molecule has 0 atom stereocenters. The van der Waals surface area contributed by atoms with Crippen molar-refractivity contribution in [1.29, 1.82) is 0 Å². The summed E-state index contributed by atoms with van der Waals surface area (Å²) >= 11 is 0. The van der Waals surface area contributed by atoms with Crippen LogP contribution in [0.2, 0.25) is 0 Å². The topological polar surface area (TPSA) is 12.0 Å². The van der Waals surface area contributed by atoms with E-state index in [0.29, 0.717) is 5.54 Å². The zero-order valence-electron chi connectivity index (χ0n) is 12.2. The van der Waals surface area contributed by atoms with Crippen molar-refractivity contribution in [1.82, 2.24) is 5.32 Å². The molecule has 1 saturated carbocycles. The average Bonchev–Trinajstić information content (AvgIpc) is 2.48. The highest BCUT2D eigenvalue weighted by Crippen LogP contribution is 2.34. The maximum absolute atomic E-state index is 3.76. The van der Waals surface area contributed by atoms with E-state index in [1.165, 1.54) is 42.4 Å². The zero-order chi connectivity index (χ0) is 13.8. The standard InChI is InChI=1S/C19H23N/c1-2-19(13-6-14-19)20-15-16-9-11-18(12-10-16)17-7-4-3-5-8-17/h3-5,7-12,20H,2,6,13-15H2,1H3. The summed E-state index contributed by atoms with van der Waals surface area (Å²) in [6.45, 7) is 3.29. The van der Waals surface area contributed by atoms with Gasteiger partial charge in [-0.05, 0) is 42.4 Å². The van der Waals surface area contributed by atoms with Crippen molar-refractivity contribution in [3.63, 3.8) is 0 Å². The summed E-state index contributed by atoms with van der Waals surface area (Å²) in [5.41, 5.74) is 4.39. The SMILES string of the molecule is CCC1(NCc2ccc(-c3ccccc3)cc2)CCC1. The molecular formula is C19H23N. The third-order valence-corrected chi connectivity index (χ3v) is 4.72. The van der Waals surface area contributed by atoms with E-state index >= 15 is 0 Å². The van der Waals surface area contributed by atoms with E-state index in [1.807, 2.05) is 0 Å². The van der Waals surface area contributed by atoms with Crippen LogP contribution in [-0.2, 0) is 6.54 Å². The second-order valence-electron chi connectivity index (χ2n) is 5.90. The van der Waals surface area contributed by atoms with Crippen LogP contribution >= 0.6 is 0 Å². The van der Waals surface area contributed by atoms with Gasteiger partial charge in [0.25, 0.3) is 0 Å². The average molecular weight is 265 g/mol. The Morgan fingerprint density at radius 1 is 0.900 bits per heavy atom. The summed E-state index contributed by atoms with van der Waals surface area (Å²) in [5, 5.41) is 3.76. The summed E-state index contributed by atoms with van der Waals surface area (Å²) in [6, 6.07) is 19.5. The van der Waals surface area contributed by atoms with Gasteiger partial charge in [-0.2, -0.15) is 0 Å². The maximum atomic E-state index is 3.76. The van der Waals surface area contributed by atoms with Crippen LogP contribution in [0.5, 0.6) is 0 Å². The molecule has 0 aromatic heterocycles. The molecule has 0 saturated heterocycles. The van der Waals surface area contributed by atoms with Crippen molar-refractivity contribution in [2.75, 3.05) is 0 Å². The molecule has 0 heterocycles. The van der Waals surface area contributed by atoms with Gasteiger partial charge < -0.3 is 5.32 Å². The molecule has 1 nitrogen and oxygen atoms in total. The number of benzene rings is 2. The largest absolute Gasteiger partial charge is 0.307 e. The van der Waals surface area contributed by atoms with Crippen molar-refractivity contribution in [2.45, 2.75) is 44.7 Å². The van der Waals surface area contributed by atoms with Crippen LogP contribution in [0.4, 0.5) is 0 Å². The zero-order valence-corrected chi connectivity index (χ0v) is 12.2. The molecule has 0 bridgehead atoms. The molecule has 0 radical (unpaired) electrons. The maximum Gasteiger partial charge on any atom is 0.0210 e. The van der Waals surface area contributed by atoms with Gasteiger partial charge in [-0.25, -0.2) is 0 Å². The molecule has 0 aliphatic heterocycles. The fourth-order valence-electron chi connectivity index (χ4n) is 2.99. The molecule has 1 aliphatic rings. The first kappa shape index (κ1) is 13.4. The highest BCUT2D eigenvalue weighted by atomic mass is 15.0. The lowest BCUT2D eigenvalue weighted by molar-refractivity contribution is 0.175. The Labute approximate surface area is 122 Å². The van der Waals surface area contributed by atoms with Gasteiger partial charge in [0.15, 0.2) is 0 Å². The number of rotatable bonds is 5. The summed E-state index contributed by atoms with van der Waals surface area (Å²) < 4.78 is 0. The first-order valence-electron chi connectivity index (χ1n) is 7.71. The highest BCUT2D eigenvalue weighted by Gasteiger charge is 2.33. The van der Waals surface area contributed by atoms with Gasteiger partial charge in [0, 0.05) is 12.1 Å². The van der Waals surface area contributed by atoms with Gasteiger partial charge in [0.2, 0.25) is 0 Å². The lowest BCUT2D eigenvalue weighted by Crippen LogP contribution is -2.49. The Bertz CT molecular complexity index is 532. The fourth-order valence-corrected chi connectivity index (χ4v) is 2.99. The first-order chi connectivity index (χ1) is 9.81. The van der Waals surface area contributed by atoms with E-state index in [9.17, 15) is 0 Å². The van der Waals surface area contributed by atoms with Gasteiger partial charge in [-0.3, -0.25) is 0 Å². The van der Waals surface area contributed by atoms with E-state index in [2.05, 4.69) is 66.8 Å². The molecule has 0 spiro atoms. The minimum atomic E-state index is 0.429. The Morgan fingerprint density at radius 3 is 2.10 bits per heavy atom. The quantitative estimate of drug-likeness (QED) is 0.820. The molecule has 0 amide bonds. The van der Waals surface area contributed by atoms with Crippen molar-refractivity contribution in [3.05, 3.63) is 60.2 Å². The fraction of sp³-hybridized carbons (Fsp3) is 0.368. The van der Waals surface area contributed by atoms with E-state index < -0.39 is 0 Å². The molecule has 104 valence electrons. The summed E-state index contributed by atoms with van der Waals surface area (Å²) in [5.74, 6) is 0. The van der Waals surface area contributed by atoms with Crippen molar-refractivity contribution in [3.8, 4) is 11.1 Å². The van der Waals surface area contributed by atoms with Crippen LogP contribution in [0.3, 0.4) is 0 Å². The Morgan fingerprint density at radius 2 is 1.55 bits per heavy atom. The number of nitrogens with one attached hydrogen (secondary N) is 1. The van der Waals surface area contributed by atoms with E-state index in [0.717, 1.165) is 6.54 Å². The second kappa shape index (κ2) is 5.80. The third-order valence-electron chi connectivity index (χ3n) is 4.72. The van der Waals surface area contributed by atoms with Crippen LogP contribution in [0.25, 0.3) is 11.1 Å². The van der Waals surface area contributed by atoms with Crippen LogP contribution in [0.1, 0.15) is 38.2 Å². The summed E-state index contributed by atoms with van der Waals surface area (Å²) in [7, 11) is 0. The molecule has 1 N–H and O–H groups in total. The van der Waals surface area contributed by atoms with Crippen molar-refractivity contribution in [2.24, 2.45) is 0 Å². The molecule has 0 unspecified atom stereocenters. The molecule has 3 rings (SSSR count). The third kappa shape index (κ3) is 2.78. The normalized spacial score (nSPS) is 16.6. The molecule has 1 aliphatic carbocycles. The van der Waals surface area contributed by atoms with Gasteiger partial charge in [0.05, 0.1) is 0 Å².